The van der Waals surface area contributed by atoms with Crippen LogP contribution < -0.4 is 4.90 Å². The number of para-hydroxylation sites is 4. The molecule has 12 rings (SSSR count). The summed E-state index contributed by atoms with van der Waals surface area (Å²) in [6.07, 6.45) is 0. The van der Waals surface area contributed by atoms with Gasteiger partial charge in [-0.2, -0.15) is 0 Å². The molecule has 1 heterocycles. The van der Waals surface area contributed by atoms with Crippen LogP contribution in [0, 0.1) is 0 Å². The van der Waals surface area contributed by atoms with E-state index in [9.17, 15) is 0 Å². The maximum absolute atomic E-state index is 2.48. The summed E-state index contributed by atoms with van der Waals surface area (Å²) in [5.41, 5.74) is 18.5. The maximum Gasteiger partial charge on any atom is 0.0618 e. The first-order chi connectivity index (χ1) is 32.8. The summed E-state index contributed by atoms with van der Waals surface area (Å²) >= 11 is 0. The second kappa shape index (κ2) is 16.8. The highest BCUT2D eigenvalue weighted by molar-refractivity contribution is 6.11. The fraction of sp³-hybridized carbons (Fsp3) is 0. The van der Waals surface area contributed by atoms with Crippen LogP contribution in [0.3, 0.4) is 0 Å². The van der Waals surface area contributed by atoms with Gasteiger partial charge in [0.2, 0.25) is 0 Å². The Balaban J connectivity index is 1.09. The van der Waals surface area contributed by atoms with Gasteiger partial charge in [0.1, 0.15) is 0 Å². The van der Waals surface area contributed by atoms with Gasteiger partial charge in [0.15, 0.2) is 0 Å². The predicted molar refractivity (Wildman–Crippen MR) is 280 cm³/mol. The minimum absolute atomic E-state index is 1.06. The van der Waals surface area contributed by atoms with E-state index in [-0.39, 0.29) is 0 Å². The van der Waals surface area contributed by atoms with E-state index in [1.807, 2.05) is 0 Å². The molecule has 0 aliphatic carbocycles. The smallest absolute Gasteiger partial charge is 0.0618 e. The van der Waals surface area contributed by atoms with Gasteiger partial charge in [0.25, 0.3) is 0 Å². The highest BCUT2D eigenvalue weighted by Gasteiger charge is 2.24. The summed E-state index contributed by atoms with van der Waals surface area (Å²) < 4.78 is 2.48. The number of nitrogens with zero attached hydrogens (tertiary/aromatic N) is 2. The Kier molecular flexibility index (Phi) is 9.89. The molecule has 0 atom stereocenters. The highest BCUT2D eigenvalue weighted by Crippen LogP contribution is 2.48. The number of rotatable bonds is 9. The van der Waals surface area contributed by atoms with Gasteiger partial charge in [-0.1, -0.05) is 224 Å². The van der Waals surface area contributed by atoms with Crippen molar-refractivity contribution in [2.75, 3.05) is 4.90 Å². The van der Waals surface area contributed by atoms with E-state index in [0.717, 1.165) is 50.6 Å². The molecule has 11 aromatic carbocycles. The topological polar surface area (TPSA) is 8.17 Å². The Bertz CT molecular complexity index is 3620. The van der Waals surface area contributed by atoms with Crippen molar-refractivity contribution in [3.05, 3.63) is 267 Å². The van der Waals surface area contributed by atoms with Gasteiger partial charge < -0.3 is 9.47 Å². The molecule has 0 radical (unpaired) electrons. The van der Waals surface area contributed by atoms with Crippen LogP contribution in [0.25, 0.3) is 93.9 Å². The van der Waals surface area contributed by atoms with Crippen molar-refractivity contribution >= 4 is 49.6 Å². The largest absolute Gasteiger partial charge is 0.309 e. The zero-order valence-corrected chi connectivity index (χ0v) is 36.3. The third-order valence-electron chi connectivity index (χ3n) is 13.0. The normalized spacial score (nSPS) is 11.3. The number of aromatic nitrogens is 1. The summed E-state index contributed by atoms with van der Waals surface area (Å²) in [6, 6.07) is 97.0. The molecule has 2 heteroatoms. The lowest BCUT2D eigenvalue weighted by Gasteiger charge is -2.30. The summed E-state index contributed by atoms with van der Waals surface area (Å²) in [5, 5.41) is 4.92. The first-order valence-electron chi connectivity index (χ1n) is 22.7. The Morgan fingerprint density at radius 3 is 1.36 bits per heavy atom. The van der Waals surface area contributed by atoms with Gasteiger partial charge in [-0.05, 0) is 86.6 Å². The molecule has 0 aliphatic heterocycles. The van der Waals surface area contributed by atoms with E-state index in [0.29, 0.717) is 0 Å². The van der Waals surface area contributed by atoms with Crippen LogP contribution in [0.5, 0.6) is 0 Å². The summed E-state index contributed by atoms with van der Waals surface area (Å²) in [4.78, 5) is 2.46. The monoisotopic (exact) mass is 840 g/mol. The van der Waals surface area contributed by atoms with E-state index in [1.54, 1.807) is 0 Å². The average molecular weight is 841 g/mol. The molecule has 2 nitrogen and oxygen atoms in total. The SMILES string of the molecule is c1ccc(-c2ccc(N(c3ccc(-c4cccc(-c5ccccc5)c4-n4c5ccccc5c5ccccc54)cc3)c3ccccc3-c3cccc4ccccc34)c(-c3ccccc3)c2)cc1. The van der Waals surface area contributed by atoms with Crippen LogP contribution in [0.4, 0.5) is 17.1 Å². The molecule has 0 fully saturated rings. The standard InChI is InChI=1S/C64H44N2/c1-4-20-45(21-5-1)50-40-43-63(59(44-50)48-24-8-3-9-25-48)65(60-35-15-12-29-56(60)55-34-18-27-46-26-10-11-28-52(46)55)51-41-38-49(39-42-51)54-33-19-32-53(47-22-6-2-7-23-47)64(54)66-61-36-16-13-30-57(61)58-31-14-17-37-62(58)66/h1-44H. The number of hydrogen-bond acceptors (Lipinski definition) is 1. The van der Waals surface area contributed by atoms with Crippen LogP contribution in [-0.2, 0) is 0 Å². The third kappa shape index (κ3) is 6.84. The fourth-order valence-electron chi connectivity index (χ4n) is 9.98. The van der Waals surface area contributed by atoms with Gasteiger partial charge in [-0.3, -0.25) is 0 Å². The Labute approximate surface area is 385 Å². The summed E-state index contributed by atoms with van der Waals surface area (Å²) in [7, 11) is 0. The molecular weight excluding hydrogens is 797 g/mol. The molecule has 310 valence electrons. The quantitative estimate of drug-likeness (QED) is 0.141. The molecule has 0 spiro atoms. The zero-order valence-electron chi connectivity index (χ0n) is 36.3. The Hall–Kier alpha value is -8.72. The molecule has 0 bridgehead atoms. The molecular formula is C64H44N2. The molecule has 0 aliphatic rings. The van der Waals surface area contributed by atoms with Gasteiger partial charge in [-0.15, -0.1) is 0 Å². The number of fused-ring (bicyclic) bond motifs is 4. The number of anilines is 3. The third-order valence-corrected chi connectivity index (χ3v) is 13.0. The lowest BCUT2D eigenvalue weighted by molar-refractivity contribution is 1.18. The van der Waals surface area contributed by atoms with Crippen molar-refractivity contribution in [3.8, 4) is 61.3 Å². The fourth-order valence-corrected chi connectivity index (χ4v) is 9.98. The van der Waals surface area contributed by atoms with Crippen molar-refractivity contribution in [3.63, 3.8) is 0 Å². The van der Waals surface area contributed by atoms with E-state index in [4.69, 9.17) is 0 Å². The minimum Gasteiger partial charge on any atom is -0.309 e. The summed E-state index contributed by atoms with van der Waals surface area (Å²) in [6.45, 7) is 0. The van der Waals surface area contributed by atoms with Crippen LogP contribution in [0.15, 0.2) is 267 Å². The lowest BCUT2D eigenvalue weighted by Crippen LogP contribution is -2.12. The molecule has 66 heavy (non-hydrogen) atoms. The van der Waals surface area contributed by atoms with Crippen LogP contribution in [-0.4, -0.2) is 4.57 Å². The molecule has 1 aromatic heterocycles. The van der Waals surface area contributed by atoms with Gasteiger partial charge in [0, 0.05) is 38.7 Å². The van der Waals surface area contributed by atoms with E-state index >= 15 is 0 Å². The average Bonchev–Trinajstić information content (AvgIpc) is 3.73. The molecule has 0 unspecified atom stereocenters. The van der Waals surface area contributed by atoms with Crippen molar-refractivity contribution in [1.82, 2.24) is 4.57 Å². The van der Waals surface area contributed by atoms with Crippen molar-refractivity contribution in [1.29, 1.82) is 0 Å². The Morgan fingerprint density at radius 2 is 0.697 bits per heavy atom. The minimum atomic E-state index is 1.06. The number of hydrogen-bond donors (Lipinski definition) is 0. The van der Waals surface area contributed by atoms with Crippen LogP contribution >= 0.6 is 0 Å². The predicted octanol–water partition coefficient (Wildman–Crippen LogP) is 17.7. The molecule has 12 aromatic rings. The van der Waals surface area contributed by atoms with Gasteiger partial charge >= 0.3 is 0 Å². The first-order valence-corrected chi connectivity index (χ1v) is 22.7. The van der Waals surface area contributed by atoms with E-state index in [1.165, 1.54) is 60.4 Å². The maximum atomic E-state index is 2.48. The Morgan fingerprint density at radius 1 is 0.258 bits per heavy atom. The zero-order chi connectivity index (χ0) is 43.8. The van der Waals surface area contributed by atoms with Crippen molar-refractivity contribution in [2.45, 2.75) is 0 Å². The van der Waals surface area contributed by atoms with E-state index < -0.39 is 0 Å². The molecule has 0 saturated heterocycles. The second-order valence-corrected chi connectivity index (χ2v) is 16.8. The molecule has 0 saturated carbocycles. The van der Waals surface area contributed by atoms with Crippen LogP contribution in [0.2, 0.25) is 0 Å². The van der Waals surface area contributed by atoms with Crippen LogP contribution in [0.1, 0.15) is 0 Å². The first kappa shape index (κ1) is 38.9. The van der Waals surface area contributed by atoms with Crippen molar-refractivity contribution < 1.29 is 0 Å². The number of benzene rings is 11. The highest BCUT2D eigenvalue weighted by atomic mass is 15.1. The van der Waals surface area contributed by atoms with E-state index in [2.05, 4.69) is 276 Å². The van der Waals surface area contributed by atoms with Crippen molar-refractivity contribution in [2.24, 2.45) is 0 Å². The van der Waals surface area contributed by atoms with Gasteiger partial charge in [-0.25, -0.2) is 0 Å². The molecule has 0 N–H and O–H groups in total. The second-order valence-electron chi connectivity index (χ2n) is 16.8. The lowest BCUT2D eigenvalue weighted by atomic mass is 9.93. The van der Waals surface area contributed by atoms with Gasteiger partial charge in [0.05, 0.1) is 28.1 Å². The molecule has 0 amide bonds. The summed E-state index contributed by atoms with van der Waals surface area (Å²) in [5.74, 6) is 0.